The Morgan fingerprint density at radius 2 is 1.71 bits per heavy atom. The SMILES string of the molecule is COc1ccc(NC(=O)CS[C@@H]2c3ccccc3C(=O)N2CCc2ccccc2)cc1. The predicted molar refractivity (Wildman–Crippen MR) is 124 cm³/mol. The first-order valence-electron chi connectivity index (χ1n) is 10.1. The quantitative estimate of drug-likeness (QED) is 0.557. The summed E-state index contributed by atoms with van der Waals surface area (Å²) in [4.78, 5) is 27.4. The van der Waals surface area contributed by atoms with Gasteiger partial charge >= 0.3 is 0 Å². The Kier molecular flexibility index (Phi) is 6.57. The summed E-state index contributed by atoms with van der Waals surface area (Å²) in [6, 6.07) is 25.0. The van der Waals surface area contributed by atoms with E-state index in [1.54, 1.807) is 19.2 Å². The van der Waals surface area contributed by atoms with Crippen LogP contribution >= 0.6 is 11.8 Å². The molecule has 0 unspecified atom stereocenters. The minimum absolute atomic E-state index is 0.0274. The lowest BCUT2D eigenvalue weighted by molar-refractivity contribution is -0.113. The number of carbonyl (C=O) groups is 2. The Hall–Kier alpha value is -3.25. The first-order chi connectivity index (χ1) is 15.2. The molecule has 0 radical (unpaired) electrons. The highest BCUT2D eigenvalue weighted by molar-refractivity contribution is 8.00. The van der Waals surface area contributed by atoms with Crippen LogP contribution in [0, 0.1) is 0 Å². The lowest BCUT2D eigenvalue weighted by atomic mass is 10.1. The third-order valence-electron chi connectivity index (χ3n) is 5.23. The number of benzene rings is 3. The van der Waals surface area contributed by atoms with Gasteiger partial charge in [0.05, 0.1) is 12.9 Å². The molecule has 1 heterocycles. The van der Waals surface area contributed by atoms with E-state index in [1.807, 2.05) is 59.5 Å². The molecule has 3 aromatic rings. The van der Waals surface area contributed by atoms with Crippen LogP contribution in [0.25, 0.3) is 0 Å². The van der Waals surface area contributed by atoms with E-state index in [2.05, 4.69) is 17.4 Å². The summed E-state index contributed by atoms with van der Waals surface area (Å²) < 4.78 is 5.14. The van der Waals surface area contributed by atoms with E-state index in [-0.39, 0.29) is 22.9 Å². The molecule has 31 heavy (non-hydrogen) atoms. The van der Waals surface area contributed by atoms with E-state index in [0.29, 0.717) is 6.54 Å². The van der Waals surface area contributed by atoms with Gasteiger partial charge in [-0.25, -0.2) is 0 Å². The second-order valence-electron chi connectivity index (χ2n) is 7.26. The molecule has 2 amide bonds. The number of ether oxygens (including phenoxy) is 1. The Bertz CT molecular complexity index is 1050. The number of nitrogens with zero attached hydrogens (tertiary/aromatic N) is 1. The van der Waals surface area contributed by atoms with Crippen LogP contribution in [-0.4, -0.2) is 36.1 Å². The van der Waals surface area contributed by atoms with E-state index in [1.165, 1.54) is 17.3 Å². The fourth-order valence-corrected chi connectivity index (χ4v) is 4.80. The van der Waals surface area contributed by atoms with Gasteiger partial charge in [-0.2, -0.15) is 0 Å². The molecule has 0 spiro atoms. The number of hydrogen-bond acceptors (Lipinski definition) is 4. The largest absolute Gasteiger partial charge is 0.497 e. The maximum absolute atomic E-state index is 13.0. The maximum atomic E-state index is 13.0. The lowest BCUT2D eigenvalue weighted by Crippen LogP contribution is -2.29. The van der Waals surface area contributed by atoms with Crippen molar-refractivity contribution in [3.8, 4) is 5.75 Å². The monoisotopic (exact) mass is 432 g/mol. The van der Waals surface area contributed by atoms with Gasteiger partial charge in [-0.1, -0.05) is 48.5 Å². The predicted octanol–water partition coefficient (Wildman–Crippen LogP) is 4.76. The van der Waals surface area contributed by atoms with Crippen molar-refractivity contribution < 1.29 is 14.3 Å². The van der Waals surface area contributed by atoms with Crippen molar-refractivity contribution in [1.82, 2.24) is 4.90 Å². The van der Waals surface area contributed by atoms with Crippen molar-refractivity contribution >= 4 is 29.3 Å². The van der Waals surface area contributed by atoms with Crippen LogP contribution in [0.1, 0.15) is 26.9 Å². The van der Waals surface area contributed by atoms with Gasteiger partial charge < -0.3 is 15.0 Å². The van der Waals surface area contributed by atoms with Gasteiger partial charge in [0.2, 0.25) is 5.91 Å². The van der Waals surface area contributed by atoms with E-state index >= 15 is 0 Å². The number of carbonyl (C=O) groups excluding carboxylic acids is 2. The molecule has 3 aromatic carbocycles. The van der Waals surface area contributed by atoms with E-state index < -0.39 is 0 Å². The Morgan fingerprint density at radius 1 is 1.00 bits per heavy atom. The van der Waals surface area contributed by atoms with Gasteiger partial charge in [0, 0.05) is 17.8 Å². The summed E-state index contributed by atoms with van der Waals surface area (Å²) >= 11 is 1.48. The zero-order valence-electron chi connectivity index (χ0n) is 17.3. The Labute approximate surface area is 186 Å². The number of thioether (sulfide) groups is 1. The highest BCUT2D eigenvalue weighted by atomic mass is 32.2. The molecule has 4 rings (SSSR count). The van der Waals surface area contributed by atoms with Crippen molar-refractivity contribution in [2.45, 2.75) is 11.8 Å². The van der Waals surface area contributed by atoms with Crippen LogP contribution in [0.5, 0.6) is 5.75 Å². The van der Waals surface area contributed by atoms with Crippen molar-refractivity contribution in [2.24, 2.45) is 0 Å². The molecule has 0 saturated carbocycles. The summed E-state index contributed by atoms with van der Waals surface area (Å²) in [6.45, 7) is 0.606. The normalized spacial score (nSPS) is 14.9. The molecule has 0 fully saturated rings. The molecule has 0 aromatic heterocycles. The van der Waals surface area contributed by atoms with Crippen LogP contribution in [0.15, 0.2) is 78.9 Å². The molecule has 0 saturated heterocycles. The zero-order valence-corrected chi connectivity index (χ0v) is 18.1. The molecule has 0 aliphatic carbocycles. The standard InChI is InChI=1S/C25H24N2O3S/c1-30-20-13-11-19(12-14-20)26-23(28)17-31-25-22-10-6-5-9-21(22)24(29)27(25)16-15-18-7-3-2-4-8-18/h2-14,25H,15-17H2,1H3,(H,26,28)/t25-/m1/s1. The van der Waals surface area contributed by atoms with Crippen molar-refractivity contribution in [2.75, 3.05) is 24.7 Å². The van der Waals surface area contributed by atoms with Gasteiger partial charge in [0.1, 0.15) is 11.1 Å². The maximum Gasteiger partial charge on any atom is 0.255 e. The molecule has 1 aliphatic rings. The van der Waals surface area contributed by atoms with Crippen LogP contribution < -0.4 is 10.1 Å². The molecule has 6 heteroatoms. The van der Waals surface area contributed by atoms with Gasteiger partial charge in [-0.3, -0.25) is 9.59 Å². The second kappa shape index (κ2) is 9.71. The Balaban J connectivity index is 1.43. The molecule has 1 aliphatic heterocycles. The second-order valence-corrected chi connectivity index (χ2v) is 8.33. The molecule has 1 atom stereocenters. The first-order valence-corrected chi connectivity index (χ1v) is 11.2. The molecular formula is C25H24N2O3S. The molecule has 5 nitrogen and oxygen atoms in total. The van der Waals surface area contributed by atoms with E-state index in [0.717, 1.165) is 29.0 Å². The minimum Gasteiger partial charge on any atom is -0.497 e. The van der Waals surface area contributed by atoms with Crippen molar-refractivity contribution in [3.05, 3.63) is 95.6 Å². The summed E-state index contributed by atoms with van der Waals surface area (Å²) in [6.07, 6.45) is 0.773. The van der Waals surface area contributed by atoms with Crippen molar-refractivity contribution in [3.63, 3.8) is 0 Å². The van der Waals surface area contributed by atoms with Crippen LogP contribution in [0.3, 0.4) is 0 Å². The average Bonchev–Trinajstić information content (AvgIpc) is 3.08. The molecule has 1 N–H and O–H groups in total. The number of anilines is 1. The van der Waals surface area contributed by atoms with Gasteiger partial charge in [0.25, 0.3) is 5.91 Å². The highest BCUT2D eigenvalue weighted by Gasteiger charge is 2.36. The number of hydrogen-bond donors (Lipinski definition) is 1. The van der Waals surface area contributed by atoms with Crippen LogP contribution in [-0.2, 0) is 11.2 Å². The summed E-state index contributed by atoms with van der Waals surface area (Å²) in [5.41, 5.74) is 3.61. The summed E-state index contributed by atoms with van der Waals surface area (Å²) in [5.74, 6) is 0.914. The van der Waals surface area contributed by atoms with Crippen LogP contribution in [0.2, 0.25) is 0 Å². The number of nitrogens with one attached hydrogen (secondary N) is 1. The van der Waals surface area contributed by atoms with Gasteiger partial charge in [-0.15, -0.1) is 11.8 Å². The number of rotatable bonds is 8. The molecular weight excluding hydrogens is 408 g/mol. The number of fused-ring (bicyclic) bond motifs is 1. The summed E-state index contributed by atoms with van der Waals surface area (Å²) in [7, 11) is 1.61. The average molecular weight is 433 g/mol. The topological polar surface area (TPSA) is 58.6 Å². The highest BCUT2D eigenvalue weighted by Crippen LogP contribution is 2.41. The van der Waals surface area contributed by atoms with Gasteiger partial charge in [-0.05, 0) is 47.9 Å². The third kappa shape index (κ3) is 4.91. The molecule has 158 valence electrons. The van der Waals surface area contributed by atoms with Gasteiger partial charge in [0.15, 0.2) is 0 Å². The van der Waals surface area contributed by atoms with Crippen LogP contribution in [0.4, 0.5) is 5.69 Å². The minimum atomic E-state index is -0.172. The van der Waals surface area contributed by atoms with E-state index in [4.69, 9.17) is 4.74 Å². The summed E-state index contributed by atoms with van der Waals surface area (Å²) in [5, 5.41) is 2.73. The zero-order chi connectivity index (χ0) is 21.6. The fourth-order valence-electron chi connectivity index (χ4n) is 3.66. The lowest BCUT2D eigenvalue weighted by Gasteiger charge is -2.25. The first kappa shape index (κ1) is 21.0. The van der Waals surface area contributed by atoms with E-state index in [9.17, 15) is 9.59 Å². The number of amides is 2. The smallest absolute Gasteiger partial charge is 0.255 e. The fraction of sp³-hybridized carbons (Fsp3) is 0.200. The molecule has 0 bridgehead atoms. The Morgan fingerprint density at radius 3 is 2.45 bits per heavy atom. The number of methoxy groups -OCH3 is 1. The van der Waals surface area contributed by atoms with Crippen molar-refractivity contribution in [1.29, 1.82) is 0 Å². The third-order valence-corrected chi connectivity index (χ3v) is 6.48.